The van der Waals surface area contributed by atoms with Crippen molar-refractivity contribution in [3.8, 4) is 0 Å². The van der Waals surface area contributed by atoms with E-state index in [4.69, 9.17) is 9.05 Å². The molecule has 0 aromatic carbocycles. The SMILES string of the molecule is CCCCCCCCCCCC/C=C/CC/C=C/CC/C=C/C(O)C(COP(=O)([O-])OCC[N+](C)(C)C)NC(=O)CCCCCCCCCCCCCCCCCCCCCCCCCCCCCCCCCCCCCCC. The summed E-state index contributed by atoms with van der Waals surface area (Å²) >= 11 is 0. The molecule has 0 aliphatic carbocycles. The Bertz CT molecular complexity index is 1380. The van der Waals surface area contributed by atoms with Gasteiger partial charge >= 0.3 is 0 Å². The van der Waals surface area contributed by atoms with Gasteiger partial charge in [-0.05, 0) is 44.9 Å². The predicted octanol–water partition coefficient (Wildman–Crippen LogP) is 21.4. The van der Waals surface area contributed by atoms with E-state index in [0.717, 1.165) is 44.9 Å². The van der Waals surface area contributed by atoms with Gasteiger partial charge in [-0.25, -0.2) is 0 Å². The number of amides is 1. The number of quaternary nitrogens is 1. The van der Waals surface area contributed by atoms with Crippen LogP contribution in [-0.2, 0) is 18.4 Å². The van der Waals surface area contributed by atoms with Crippen molar-refractivity contribution in [1.29, 1.82) is 0 Å². The number of hydrogen-bond acceptors (Lipinski definition) is 6. The number of aliphatic hydroxyl groups is 1. The fourth-order valence-corrected chi connectivity index (χ4v) is 11.4. The van der Waals surface area contributed by atoms with E-state index in [1.807, 2.05) is 27.2 Å². The van der Waals surface area contributed by atoms with E-state index < -0.39 is 26.6 Å². The van der Waals surface area contributed by atoms with Crippen LogP contribution in [0.25, 0.3) is 0 Å². The van der Waals surface area contributed by atoms with Gasteiger partial charge in [0, 0.05) is 6.42 Å². The maximum Gasteiger partial charge on any atom is 0.268 e. The first-order valence-electron chi connectivity index (χ1n) is 34.9. The average molecular weight is 1130 g/mol. The fraction of sp³-hybridized carbons (Fsp3) is 0.900. The van der Waals surface area contributed by atoms with Crippen molar-refractivity contribution >= 4 is 13.7 Å². The molecule has 0 bridgehead atoms. The lowest BCUT2D eigenvalue weighted by atomic mass is 10.0. The van der Waals surface area contributed by atoms with E-state index in [9.17, 15) is 19.4 Å². The van der Waals surface area contributed by atoms with E-state index in [1.165, 1.54) is 289 Å². The summed E-state index contributed by atoms with van der Waals surface area (Å²) in [5.74, 6) is -0.204. The van der Waals surface area contributed by atoms with Crippen molar-refractivity contribution in [3.63, 3.8) is 0 Å². The van der Waals surface area contributed by atoms with Crippen LogP contribution in [0.5, 0.6) is 0 Å². The fourth-order valence-electron chi connectivity index (χ4n) is 10.7. The number of unbranched alkanes of at least 4 members (excludes halogenated alkanes) is 48. The van der Waals surface area contributed by atoms with Crippen LogP contribution in [0.1, 0.15) is 354 Å². The second-order valence-electron chi connectivity index (χ2n) is 25.2. The number of carbonyl (C=O) groups excluding carboxylic acids is 1. The van der Waals surface area contributed by atoms with Gasteiger partial charge in [0.15, 0.2) is 0 Å². The summed E-state index contributed by atoms with van der Waals surface area (Å²) in [6.45, 7) is 4.67. The van der Waals surface area contributed by atoms with Gasteiger partial charge in [0.1, 0.15) is 13.2 Å². The van der Waals surface area contributed by atoms with Crippen molar-refractivity contribution in [2.24, 2.45) is 0 Å². The summed E-state index contributed by atoms with van der Waals surface area (Å²) in [5, 5.41) is 13.9. The van der Waals surface area contributed by atoms with Gasteiger partial charge in [-0.1, -0.05) is 339 Å². The molecule has 8 nitrogen and oxygen atoms in total. The number of allylic oxidation sites excluding steroid dienone is 5. The average Bonchev–Trinajstić information content (AvgIpc) is 3.42. The van der Waals surface area contributed by atoms with E-state index in [-0.39, 0.29) is 12.5 Å². The van der Waals surface area contributed by atoms with Crippen LogP contribution in [0.2, 0.25) is 0 Å². The van der Waals surface area contributed by atoms with Gasteiger partial charge in [-0.2, -0.15) is 0 Å². The Hall–Kier alpha value is -1.28. The molecule has 79 heavy (non-hydrogen) atoms. The Morgan fingerprint density at radius 3 is 1.03 bits per heavy atom. The van der Waals surface area contributed by atoms with Gasteiger partial charge in [-0.3, -0.25) is 9.36 Å². The molecule has 1 amide bonds. The molecular weight excluding hydrogens is 996 g/mol. The highest BCUT2D eigenvalue weighted by Crippen LogP contribution is 2.38. The van der Waals surface area contributed by atoms with E-state index >= 15 is 0 Å². The molecule has 3 atom stereocenters. The van der Waals surface area contributed by atoms with Crippen LogP contribution in [0.15, 0.2) is 36.5 Å². The third-order valence-corrected chi connectivity index (χ3v) is 17.0. The zero-order chi connectivity index (χ0) is 57.7. The maximum absolute atomic E-state index is 13.0. The van der Waals surface area contributed by atoms with Crippen molar-refractivity contribution < 1.29 is 32.9 Å². The highest BCUT2D eigenvalue weighted by Gasteiger charge is 2.23. The minimum Gasteiger partial charge on any atom is -0.756 e. The number of rotatable bonds is 65. The van der Waals surface area contributed by atoms with Crippen molar-refractivity contribution in [2.75, 3.05) is 40.9 Å². The quantitative estimate of drug-likeness (QED) is 0.0272. The molecule has 0 aromatic rings. The van der Waals surface area contributed by atoms with Gasteiger partial charge in [0.2, 0.25) is 5.91 Å². The Morgan fingerprint density at radius 1 is 0.430 bits per heavy atom. The minimum atomic E-state index is -4.61. The Morgan fingerprint density at radius 2 is 0.709 bits per heavy atom. The van der Waals surface area contributed by atoms with Gasteiger partial charge < -0.3 is 28.8 Å². The van der Waals surface area contributed by atoms with E-state index in [2.05, 4.69) is 43.5 Å². The van der Waals surface area contributed by atoms with Crippen LogP contribution >= 0.6 is 7.82 Å². The van der Waals surface area contributed by atoms with Crippen LogP contribution in [0.4, 0.5) is 0 Å². The van der Waals surface area contributed by atoms with Crippen molar-refractivity contribution in [1.82, 2.24) is 5.32 Å². The molecular formula is C70H137N2O6P. The molecule has 0 fully saturated rings. The third-order valence-electron chi connectivity index (χ3n) is 16.1. The molecule has 0 saturated heterocycles. The molecule has 0 aliphatic rings. The van der Waals surface area contributed by atoms with Gasteiger partial charge in [0.05, 0.1) is 39.9 Å². The summed E-state index contributed by atoms with van der Waals surface area (Å²) < 4.78 is 23.4. The Labute approximate surface area is 493 Å². The molecule has 468 valence electrons. The number of carbonyl (C=O) groups is 1. The molecule has 3 unspecified atom stereocenters. The number of nitrogens with one attached hydrogen (secondary N) is 1. The maximum atomic E-state index is 13.0. The second kappa shape index (κ2) is 61.3. The minimum absolute atomic E-state index is 0.00720. The highest BCUT2D eigenvalue weighted by molar-refractivity contribution is 7.45. The third kappa shape index (κ3) is 64.1. The summed E-state index contributed by atoms with van der Waals surface area (Å²) in [7, 11) is 1.25. The number of aliphatic hydroxyl groups excluding tert-OH is 1. The number of hydrogen-bond donors (Lipinski definition) is 2. The van der Waals surface area contributed by atoms with Gasteiger partial charge in [-0.15, -0.1) is 0 Å². The lowest BCUT2D eigenvalue weighted by Crippen LogP contribution is -2.45. The first kappa shape index (κ1) is 77.7. The molecule has 9 heteroatoms. The number of phosphoric acid groups is 1. The topological polar surface area (TPSA) is 108 Å². The molecule has 2 N–H and O–H groups in total. The first-order chi connectivity index (χ1) is 38.5. The largest absolute Gasteiger partial charge is 0.756 e. The number of phosphoric ester groups is 1. The summed E-state index contributed by atoms with van der Waals surface area (Å²) in [6.07, 6.45) is 81.5. The molecule has 0 radical (unpaired) electrons. The first-order valence-corrected chi connectivity index (χ1v) is 36.3. The molecule has 0 spiro atoms. The Balaban J connectivity index is 3.98. The Kier molecular flexibility index (Phi) is 60.3. The van der Waals surface area contributed by atoms with E-state index in [0.29, 0.717) is 17.4 Å². The van der Waals surface area contributed by atoms with Crippen LogP contribution in [0, 0.1) is 0 Å². The van der Waals surface area contributed by atoms with Crippen LogP contribution < -0.4 is 10.2 Å². The molecule has 0 saturated carbocycles. The zero-order valence-corrected chi connectivity index (χ0v) is 54.5. The van der Waals surface area contributed by atoms with Crippen molar-refractivity contribution in [2.45, 2.75) is 366 Å². The molecule has 0 heterocycles. The smallest absolute Gasteiger partial charge is 0.268 e. The van der Waals surface area contributed by atoms with E-state index in [1.54, 1.807) is 6.08 Å². The predicted molar refractivity (Wildman–Crippen MR) is 344 cm³/mol. The molecule has 0 aromatic heterocycles. The molecule has 0 rings (SSSR count). The zero-order valence-electron chi connectivity index (χ0n) is 53.6. The lowest BCUT2D eigenvalue weighted by molar-refractivity contribution is -0.870. The van der Waals surface area contributed by atoms with Crippen LogP contribution in [0.3, 0.4) is 0 Å². The standard InChI is InChI=1S/C70H137N2O6P/c1-6-8-10-12-14-16-18-20-22-24-26-28-29-30-31-32-33-34-35-36-37-38-39-40-41-42-43-44-46-48-50-52-54-56-58-60-62-64-70(74)71-68(67-78-79(75,76)77-66-65-72(3,4)5)69(73)63-61-59-57-55-53-51-49-47-45-27-25-23-21-19-17-15-13-11-9-7-2/h45,47,53,55,61,63,68-69,73H,6-44,46,48-52,54,56-60,62,64-67H2,1-5H3,(H-,71,74,75,76)/b47-45+,55-53+,63-61+. The van der Waals surface area contributed by atoms with Crippen molar-refractivity contribution in [3.05, 3.63) is 36.5 Å². The summed E-state index contributed by atoms with van der Waals surface area (Å²) in [4.78, 5) is 25.6. The van der Waals surface area contributed by atoms with Crippen LogP contribution in [-0.4, -0.2) is 68.5 Å². The lowest BCUT2D eigenvalue weighted by Gasteiger charge is -2.29. The molecule has 0 aliphatic heterocycles. The number of likely N-dealkylation sites (N-methyl/N-ethyl adjacent to an activating group) is 1. The van der Waals surface area contributed by atoms with Gasteiger partial charge in [0.25, 0.3) is 7.82 Å². The monoisotopic (exact) mass is 1130 g/mol. The summed E-state index contributed by atoms with van der Waals surface area (Å²) in [5.41, 5.74) is 0. The normalized spacial score (nSPS) is 13.9. The highest BCUT2D eigenvalue weighted by atomic mass is 31.2. The summed E-state index contributed by atoms with van der Waals surface area (Å²) in [6, 6.07) is -0.909. The number of nitrogens with zero attached hydrogens (tertiary/aromatic N) is 1. The second-order valence-corrected chi connectivity index (χ2v) is 26.6.